The Labute approximate surface area is 106 Å². The number of anilines is 1. The summed E-state index contributed by atoms with van der Waals surface area (Å²) in [6.45, 7) is 15.7. The minimum absolute atomic E-state index is 0.301. The van der Waals surface area contributed by atoms with Crippen molar-refractivity contribution in [1.82, 2.24) is 0 Å². The van der Waals surface area contributed by atoms with Crippen LogP contribution in [0, 0.1) is 0 Å². The molecule has 1 heterocycles. The van der Waals surface area contributed by atoms with E-state index in [2.05, 4.69) is 36.7 Å². The van der Waals surface area contributed by atoms with E-state index in [1.807, 2.05) is 45.9 Å². The first-order valence-corrected chi connectivity index (χ1v) is 6.47. The topological polar surface area (TPSA) is 12.0 Å². The van der Waals surface area contributed by atoms with Crippen molar-refractivity contribution in [3.8, 4) is 0 Å². The molecule has 1 aromatic rings. The molecule has 1 N–H and O–H groups in total. The highest BCUT2D eigenvalue weighted by molar-refractivity contribution is 5.61. The summed E-state index contributed by atoms with van der Waals surface area (Å²) in [5, 5.41) is 3.40. The zero-order valence-electron chi connectivity index (χ0n) is 11.5. The van der Waals surface area contributed by atoms with Crippen molar-refractivity contribution in [2.45, 2.75) is 39.7 Å². The monoisotopic (exact) mass is 231 g/mol. The van der Waals surface area contributed by atoms with E-state index in [1.165, 1.54) is 11.3 Å². The predicted octanol–water partition coefficient (Wildman–Crippen LogP) is 4.99. The number of fused-ring (bicyclic) bond motifs is 1. The second-order valence-corrected chi connectivity index (χ2v) is 3.25. The van der Waals surface area contributed by atoms with E-state index >= 15 is 0 Å². The van der Waals surface area contributed by atoms with Gasteiger partial charge in [0.15, 0.2) is 0 Å². The van der Waals surface area contributed by atoms with Gasteiger partial charge in [-0.2, -0.15) is 0 Å². The zero-order valence-corrected chi connectivity index (χ0v) is 11.5. The summed E-state index contributed by atoms with van der Waals surface area (Å²) in [4.78, 5) is 0. The molecule has 0 spiro atoms. The van der Waals surface area contributed by atoms with Crippen molar-refractivity contribution in [2.75, 3.05) is 5.32 Å². The SMILES string of the molecule is C=CC1Nc2ccccc2C1C=C.CC.CC. The maximum Gasteiger partial charge on any atom is 0.0545 e. The molecule has 17 heavy (non-hydrogen) atoms. The highest BCUT2D eigenvalue weighted by Crippen LogP contribution is 2.36. The summed E-state index contributed by atoms with van der Waals surface area (Å²) >= 11 is 0. The third-order valence-electron chi connectivity index (χ3n) is 2.54. The molecule has 1 aliphatic heterocycles. The Kier molecular flexibility index (Phi) is 7.87. The summed E-state index contributed by atoms with van der Waals surface area (Å²) in [6, 6.07) is 8.63. The van der Waals surface area contributed by atoms with Gasteiger partial charge < -0.3 is 5.32 Å². The minimum atomic E-state index is 0.301. The fraction of sp³-hybridized carbons (Fsp3) is 0.375. The Balaban J connectivity index is 0.000000581. The van der Waals surface area contributed by atoms with Gasteiger partial charge in [-0.05, 0) is 11.6 Å². The molecule has 1 aliphatic rings. The van der Waals surface area contributed by atoms with Crippen LogP contribution in [0.3, 0.4) is 0 Å². The Morgan fingerprint density at radius 2 is 1.59 bits per heavy atom. The molecule has 0 aromatic heterocycles. The molecular formula is C16H25N. The smallest absolute Gasteiger partial charge is 0.0545 e. The molecule has 2 rings (SSSR count). The number of rotatable bonds is 2. The number of benzene rings is 1. The molecule has 0 aliphatic carbocycles. The molecule has 1 aromatic carbocycles. The lowest BCUT2D eigenvalue weighted by Gasteiger charge is -2.11. The van der Waals surface area contributed by atoms with Gasteiger partial charge in [0, 0.05) is 11.6 Å². The number of para-hydroxylation sites is 1. The maximum atomic E-state index is 3.85. The van der Waals surface area contributed by atoms with Gasteiger partial charge in [-0.25, -0.2) is 0 Å². The summed E-state index contributed by atoms with van der Waals surface area (Å²) < 4.78 is 0. The van der Waals surface area contributed by atoms with E-state index in [0.717, 1.165) is 0 Å². The van der Waals surface area contributed by atoms with Crippen LogP contribution in [0.25, 0.3) is 0 Å². The van der Waals surface area contributed by atoms with Crippen molar-refractivity contribution < 1.29 is 0 Å². The van der Waals surface area contributed by atoms with E-state index < -0.39 is 0 Å². The Bertz CT molecular complexity index is 341. The Morgan fingerprint density at radius 3 is 2.12 bits per heavy atom. The largest absolute Gasteiger partial charge is 0.378 e. The van der Waals surface area contributed by atoms with Crippen molar-refractivity contribution in [3.05, 3.63) is 55.1 Å². The van der Waals surface area contributed by atoms with Crippen molar-refractivity contribution in [2.24, 2.45) is 0 Å². The van der Waals surface area contributed by atoms with Crippen molar-refractivity contribution in [3.63, 3.8) is 0 Å². The zero-order chi connectivity index (χ0) is 13.3. The molecule has 0 fully saturated rings. The summed E-state index contributed by atoms with van der Waals surface area (Å²) in [7, 11) is 0. The van der Waals surface area contributed by atoms with Gasteiger partial charge in [-0.1, -0.05) is 58.0 Å². The molecule has 0 bridgehead atoms. The molecule has 2 unspecified atom stereocenters. The first kappa shape index (κ1) is 15.5. The van der Waals surface area contributed by atoms with Gasteiger partial charge in [0.2, 0.25) is 0 Å². The highest BCUT2D eigenvalue weighted by Gasteiger charge is 2.26. The van der Waals surface area contributed by atoms with Gasteiger partial charge in [-0.15, -0.1) is 13.2 Å². The highest BCUT2D eigenvalue weighted by atomic mass is 15.0. The fourth-order valence-corrected chi connectivity index (χ4v) is 1.86. The van der Waals surface area contributed by atoms with E-state index in [9.17, 15) is 0 Å². The lowest BCUT2D eigenvalue weighted by molar-refractivity contribution is 0.818. The third-order valence-corrected chi connectivity index (χ3v) is 2.54. The normalized spacial score (nSPS) is 19.5. The molecule has 0 saturated heterocycles. The lowest BCUT2D eigenvalue weighted by Crippen LogP contribution is -2.15. The van der Waals surface area contributed by atoms with Gasteiger partial charge >= 0.3 is 0 Å². The van der Waals surface area contributed by atoms with E-state index in [0.29, 0.717) is 12.0 Å². The van der Waals surface area contributed by atoms with Gasteiger partial charge in [-0.3, -0.25) is 0 Å². The third kappa shape index (κ3) is 3.48. The quantitative estimate of drug-likeness (QED) is 0.707. The molecule has 0 amide bonds. The second-order valence-electron chi connectivity index (χ2n) is 3.25. The number of nitrogens with one attached hydrogen (secondary N) is 1. The van der Waals surface area contributed by atoms with Crippen LogP contribution in [0.5, 0.6) is 0 Å². The van der Waals surface area contributed by atoms with Crippen LogP contribution in [0.1, 0.15) is 39.2 Å². The van der Waals surface area contributed by atoms with Gasteiger partial charge in [0.05, 0.1) is 6.04 Å². The van der Waals surface area contributed by atoms with Crippen LogP contribution in [-0.4, -0.2) is 6.04 Å². The Hall–Kier alpha value is -1.50. The molecule has 2 atom stereocenters. The van der Waals surface area contributed by atoms with Gasteiger partial charge in [0.25, 0.3) is 0 Å². The average Bonchev–Trinajstić information content (AvgIpc) is 2.80. The molecule has 0 radical (unpaired) electrons. The predicted molar refractivity (Wildman–Crippen MR) is 79.7 cm³/mol. The van der Waals surface area contributed by atoms with E-state index in [4.69, 9.17) is 0 Å². The van der Waals surface area contributed by atoms with Crippen LogP contribution >= 0.6 is 0 Å². The Morgan fingerprint density at radius 1 is 1.00 bits per heavy atom. The maximum absolute atomic E-state index is 3.85. The van der Waals surface area contributed by atoms with Gasteiger partial charge in [0.1, 0.15) is 0 Å². The van der Waals surface area contributed by atoms with Crippen LogP contribution in [-0.2, 0) is 0 Å². The number of hydrogen-bond acceptors (Lipinski definition) is 1. The molecule has 1 heteroatoms. The molecular weight excluding hydrogens is 206 g/mol. The van der Waals surface area contributed by atoms with E-state index in [-0.39, 0.29) is 0 Å². The summed E-state index contributed by atoms with van der Waals surface area (Å²) in [6.07, 6.45) is 3.91. The van der Waals surface area contributed by atoms with Crippen LogP contribution in [0.2, 0.25) is 0 Å². The molecule has 1 nitrogen and oxygen atoms in total. The summed E-state index contributed by atoms with van der Waals surface area (Å²) in [5.41, 5.74) is 2.53. The first-order valence-electron chi connectivity index (χ1n) is 6.47. The van der Waals surface area contributed by atoms with Crippen LogP contribution in [0.15, 0.2) is 49.6 Å². The number of hydrogen-bond donors (Lipinski definition) is 1. The fourth-order valence-electron chi connectivity index (χ4n) is 1.86. The standard InChI is InChI=1S/C12H13N.2C2H6/c1-3-9-10-7-5-6-8-12(10)13-11(9)4-2;2*1-2/h3-9,11,13H,1-2H2;2*1-2H3. The first-order chi connectivity index (χ1) is 8.36. The molecule has 0 saturated carbocycles. The van der Waals surface area contributed by atoms with Crippen LogP contribution in [0.4, 0.5) is 5.69 Å². The average molecular weight is 231 g/mol. The molecule has 94 valence electrons. The minimum Gasteiger partial charge on any atom is -0.378 e. The lowest BCUT2D eigenvalue weighted by atomic mass is 9.95. The van der Waals surface area contributed by atoms with Crippen molar-refractivity contribution >= 4 is 5.69 Å². The van der Waals surface area contributed by atoms with Crippen LogP contribution < -0.4 is 5.32 Å². The van der Waals surface area contributed by atoms with E-state index in [1.54, 1.807) is 0 Å². The second kappa shape index (κ2) is 8.63. The van der Waals surface area contributed by atoms with Crippen molar-refractivity contribution in [1.29, 1.82) is 0 Å². The summed E-state index contributed by atoms with van der Waals surface area (Å²) in [5.74, 6) is 0.369.